The Morgan fingerprint density at radius 3 is 2.30 bits per heavy atom. The Kier molecular flexibility index (Phi) is 9.93. The number of ether oxygens (including phenoxy) is 1. The van der Waals surface area contributed by atoms with Crippen LogP contribution in [0.4, 0.5) is 5.69 Å². The average Bonchev–Trinajstić information content (AvgIpc) is 2.85. The summed E-state index contributed by atoms with van der Waals surface area (Å²) in [7, 11) is 0. The molecule has 0 spiro atoms. The third-order valence-corrected chi connectivity index (χ3v) is 5.18. The predicted octanol–water partition coefficient (Wildman–Crippen LogP) is 6.61. The van der Waals surface area contributed by atoms with E-state index >= 15 is 0 Å². The van der Waals surface area contributed by atoms with E-state index < -0.39 is 0 Å². The lowest BCUT2D eigenvalue weighted by molar-refractivity contribution is 0.299. The van der Waals surface area contributed by atoms with Gasteiger partial charge in [0.05, 0.1) is 29.0 Å². The second-order valence-corrected chi connectivity index (χ2v) is 7.47. The van der Waals surface area contributed by atoms with Crippen molar-refractivity contribution in [2.24, 2.45) is 0 Å². The second-order valence-electron chi connectivity index (χ2n) is 7.47. The summed E-state index contributed by atoms with van der Waals surface area (Å²) in [5.74, 6) is 0.791. The lowest BCUT2D eigenvalue weighted by atomic mass is 10.0. The molecular formula is C28H32N4O. The molecule has 5 nitrogen and oxygen atoms in total. The van der Waals surface area contributed by atoms with Crippen LogP contribution >= 0.6 is 0 Å². The highest BCUT2D eigenvalue weighted by Crippen LogP contribution is 2.29. The van der Waals surface area contributed by atoms with Crippen LogP contribution in [0.15, 0.2) is 48.5 Å². The fourth-order valence-electron chi connectivity index (χ4n) is 3.58. The van der Waals surface area contributed by atoms with Gasteiger partial charge < -0.3 is 10.1 Å². The van der Waals surface area contributed by atoms with Crippen LogP contribution in [0, 0.1) is 36.5 Å². The normalized spacial score (nSPS) is 9.79. The summed E-state index contributed by atoms with van der Waals surface area (Å²) in [6.07, 6.45) is 1.91. The van der Waals surface area contributed by atoms with Gasteiger partial charge in [-0.05, 0) is 73.4 Å². The highest BCUT2D eigenvalue weighted by Gasteiger charge is 2.16. The molecule has 3 rings (SSSR count). The third-order valence-electron chi connectivity index (χ3n) is 5.18. The van der Waals surface area contributed by atoms with E-state index in [1.165, 1.54) is 0 Å². The third kappa shape index (κ3) is 6.82. The zero-order valence-electron chi connectivity index (χ0n) is 20.2. The molecule has 0 saturated heterocycles. The number of anilines is 1. The van der Waals surface area contributed by atoms with Crippen molar-refractivity contribution >= 4 is 5.69 Å². The molecule has 2 aromatic carbocycles. The minimum Gasteiger partial charge on any atom is -0.487 e. The van der Waals surface area contributed by atoms with Crippen LogP contribution in [-0.4, -0.2) is 4.98 Å². The van der Waals surface area contributed by atoms with E-state index in [4.69, 9.17) is 20.2 Å². The Labute approximate surface area is 197 Å². The van der Waals surface area contributed by atoms with E-state index in [1.54, 1.807) is 18.2 Å². The number of nitrogens with one attached hydrogen (secondary N) is 1. The van der Waals surface area contributed by atoms with Crippen molar-refractivity contribution in [2.75, 3.05) is 5.32 Å². The summed E-state index contributed by atoms with van der Waals surface area (Å²) in [5, 5.41) is 21.5. The van der Waals surface area contributed by atoms with Crippen LogP contribution in [0.2, 0.25) is 0 Å². The lowest BCUT2D eigenvalue weighted by Crippen LogP contribution is -2.11. The summed E-state index contributed by atoms with van der Waals surface area (Å²) in [6.45, 7) is 11.2. The molecule has 170 valence electrons. The van der Waals surface area contributed by atoms with Crippen molar-refractivity contribution in [3.8, 4) is 17.9 Å². The molecule has 0 atom stereocenters. The topological polar surface area (TPSA) is 81.7 Å². The molecule has 0 bridgehead atoms. The van der Waals surface area contributed by atoms with E-state index in [2.05, 4.69) is 31.3 Å². The second kappa shape index (κ2) is 12.9. The highest BCUT2D eigenvalue weighted by atomic mass is 16.5. The van der Waals surface area contributed by atoms with Crippen LogP contribution < -0.4 is 10.1 Å². The van der Waals surface area contributed by atoms with Crippen molar-refractivity contribution in [1.82, 2.24) is 4.98 Å². The van der Waals surface area contributed by atoms with Crippen molar-refractivity contribution in [3.05, 3.63) is 87.7 Å². The molecule has 1 N–H and O–H groups in total. The van der Waals surface area contributed by atoms with E-state index in [-0.39, 0.29) is 0 Å². The highest BCUT2D eigenvalue weighted by molar-refractivity contribution is 5.50. The van der Waals surface area contributed by atoms with Gasteiger partial charge in [0, 0.05) is 17.9 Å². The van der Waals surface area contributed by atoms with Gasteiger partial charge in [-0.3, -0.25) is 4.98 Å². The van der Waals surface area contributed by atoms with E-state index in [1.807, 2.05) is 51.1 Å². The predicted molar refractivity (Wildman–Crippen MR) is 133 cm³/mol. The molecule has 1 aromatic heterocycles. The molecule has 0 unspecified atom stereocenters. The number of nitriles is 2. The first-order chi connectivity index (χ1) is 16.0. The minimum atomic E-state index is 0.383. The molecule has 0 aliphatic rings. The SMILES string of the molecule is CC.CCCc1nc(C)c(OCc2cccc(C#N)c2)c(C)c1CNc1ccc(C#N)cc1. The van der Waals surface area contributed by atoms with Crippen molar-refractivity contribution in [3.63, 3.8) is 0 Å². The summed E-state index contributed by atoms with van der Waals surface area (Å²) in [4.78, 5) is 4.85. The first-order valence-electron chi connectivity index (χ1n) is 11.4. The van der Waals surface area contributed by atoms with E-state index in [9.17, 15) is 0 Å². The van der Waals surface area contributed by atoms with Gasteiger partial charge in [0.25, 0.3) is 0 Å². The summed E-state index contributed by atoms with van der Waals surface area (Å²) < 4.78 is 6.17. The first kappa shape index (κ1) is 25.4. The number of nitrogens with zero attached hydrogens (tertiary/aromatic N) is 3. The van der Waals surface area contributed by atoms with Crippen LogP contribution in [0.25, 0.3) is 0 Å². The molecule has 3 aromatic rings. The van der Waals surface area contributed by atoms with Gasteiger partial charge in [0.15, 0.2) is 0 Å². The maximum absolute atomic E-state index is 9.11. The van der Waals surface area contributed by atoms with E-state index in [0.29, 0.717) is 24.3 Å². The summed E-state index contributed by atoms with van der Waals surface area (Å²) >= 11 is 0. The molecule has 1 heterocycles. The number of rotatable bonds is 8. The van der Waals surface area contributed by atoms with Gasteiger partial charge in [0.2, 0.25) is 0 Å². The molecule has 0 aliphatic carbocycles. The Morgan fingerprint density at radius 2 is 1.67 bits per heavy atom. The molecule has 0 saturated carbocycles. The molecule has 0 aliphatic heterocycles. The number of aryl methyl sites for hydroxylation is 2. The number of hydrogen-bond donors (Lipinski definition) is 1. The van der Waals surface area contributed by atoms with Crippen LogP contribution in [0.3, 0.4) is 0 Å². The van der Waals surface area contributed by atoms with Crippen LogP contribution in [-0.2, 0) is 19.6 Å². The maximum atomic E-state index is 9.11. The fraction of sp³-hybridized carbons (Fsp3) is 0.321. The zero-order valence-corrected chi connectivity index (χ0v) is 20.2. The molecule has 0 radical (unpaired) electrons. The molecule has 0 amide bonds. The Morgan fingerprint density at radius 1 is 0.970 bits per heavy atom. The van der Waals surface area contributed by atoms with Gasteiger partial charge in [-0.15, -0.1) is 0 Å². The van der Waals surface area contributed by atoms with Crippen molar-refractivity contribution in [1.29, 1.82) is 10.5 Å². The van der Waals surface area contributed by atoms with Gasteiger partial charge in [-0.2, -0.15) is 10.5 Å². The Hall–Kier alpha value is -3.83. The fourth-order valence-corrected chi connectivity index (χ4v) is 3.58. The minimum absolute atomic E-state index is 0.383. The number of hydrogen-bond acceptors (Lipinski definition) is 5. The van der Waals surface area contributed by atoms with Gasteiger partial charge in [0.1, 0.15) is 12.4 Å². The maximum Gasteiger partial charge on any atom is 0.144 e. The van der Waals surface area contributed by atoms with Crippen LogP contribution in [0.1, 0.15) is 66.4 Å². The van der Waals surface area contributed by atoms with E-state index in [0.717, 1.165) is 52.4 Å². The summed E-state index contributed by atoms with van der Waals surface area (Å²) in [6, 6.07) is 19.2. The Balaban J connectivity index is 0.00000187. The smallest absolute Gasteiger partial charge is 0.144 e. The molecule has 0 fully saturated rings. The average molecular weight is 441 g/mol. The van der Waals surface area contributed by atoms with Crippen LogP contribution in [0.5, 0.6) is 5.75 Å². The largest absolute Gasteiger partial charge is 0.487 e. The first-order valence-corrected chi connectivity index (χ1v) is 11.4. The number of aromatic nitrogens is 1. The lowest BCUT2D eigenvalue weighted by Gasteiger charge is -2.19. The van der Waals surface area contributed by atoms with Gasteiger partial charge >= 0.3 is 0 Å². The number of benzene rings is 2. The molecule has 33 heavy (non-hydrogen) atoms. The summed E-state index contributed by atoms with van der Waals surface area (Å²) in [5.41, 5.74) is 7.34. The quantitative estimate of drug-likeness (QED) is 0.426. The molecular weight excluding hydrogens is 408 g/mol. The van der Waals surface area contributed by atoms with Gasteiger partial charge in [-0.1, -0.05) is 39.3 Å². The standard InChI is InChI=1S/C26H26N4O.C2H6/c1-4-6-25-24(16-29-23-11-9-20(14-27)10-12-23)18(2)26(19(3)30-25)31-17-22-8-5-7-21(13-22)15-28;1-2/h5,7-13,29H,4,6,16-17H2,1-3H3;1-2H3. The zero-order chi connectivity index (χ0) is 24.2. The van der Waals surface area contributed by atoms with Gasteiger partial charge in [-0.25, -0.2) is 0 Å². The Bertz CT molecular complexity index is 1140. The number of pyridine rings is 1. The molecule has 5 heteroatoms. The van der Waals surface area contributed by atoms with Crippen molar-refractivity contribution in [2.45, 2.75) is 60.6 Å². The monoisotopic (exact) mass is 440 g/mol. The van der Waals surface area contributed by atoms with Crippen molar-refractivity contribution < 1.29 is 4.74 Å².